The zero-order valence-electron chi connectivity index (χ0n) is 27.6. The smallest absolute Gasteiger partial charge is 0.162 e. The maximum absolute atomic E-state index is 5.51. The lowest BCUT2D eigenvalue weighted by Gasteiger charge is -2.27. The van der Waals surface area contributed by atoms with Crippen molar-refractivity contribution in [3.63, 3.8) is 0 Å². The van der Waals surface area contributed by atoms with E-state index in [0.29, 0.717) is 0 Å². The zero-order valence-corrected chi connectivity index (χ0v) is 27.6. The summed E-state index contributed by atoms with van der Waals surface area (Å²) in [6.07, 6.45) is 0.996. The molecule has 1 unspecified atom stereocenters. The van der Waals surface area contributed by atoms with Crippen molar-refractivity contribution in [3.05, 3.63) is 174 Å². The highest BCUT2D eigenvalue weighted by Gasteiger charge is 2.39. The van der Waals surface area contributed by atoms with Crippen molar-refractivity contribution in [2.45, 2.75) is 12.3 Å². The summed E-state index contributed by atoms with van der Waals surface area (Å²) in [6, 6.07) is 57.5. The van der Waals surface area contributed by atoms with E-state index in [2.05, 4.69) is 162 Å². The first-order valence-corrected chi connectivity index (χ1v) is 17.8. The van der Waals surface area contributed by atoms with Gasteiger partial charge in [0.05, 0.1) is 16.6 Å². The number of para-hydroxylation sites is 2. The number of fused-ring (bicyclic) bond motifs is 13. The molecular weight excluding hydrogens is 619 g/mol. The molecule has 2 aliphatic rings. The SMILES string of the molecule is c1ccc2c(c1)CC1c3ccc4ccccc4c3-c3cc4c5ccccc5n(-c5nc(-c6ccc7ccccc7c6)nc6ccccc56)c4c-2c31. The predicted octanol–water partition coefficient (Wildman–Crippen LogP) is 12.0. The fourth-order valence-electron chi connectivity index (χ4n) is 9.30. The third-order valence-corrected chi connectivity index (χ3v) is 11.5. The molecule has 2 aromatic heterocycles. The van der Waals surface area contributed by atoms with E-state index < -0.39 is 0 Å². The third-order valence-electron chi connectivity index (χ3n) is 11.5. The van der Waals surface area contributed by atoms with Crippen LogP contribution in [0.25, 0.3) is 93.7 Å². The van der Waals surface area contributed by atoms with Crippen molar-refractivity contribution in [1.29, 1.82) is 0 Å². The second-order valence-corrected chi connectivity index (χ2v) is 14.1. The Bertz CT molecular complexity index is 3130. The molecule has 0 fully saturated rings. The number of benzene rings is 8. The molecule has 0 amide bonds. The summed E-state index contributed by atoms with van der Waals surface area (Å²) in [5, 5.41) is 8.53. The molecule has 0 saturated heterocycles. The van der Waals surface area contributed by atoms with Crippen molar-refractivity contribution in [2.24, 2.45) is 0 Å². The van der Waals surface area contributed by atoms with Gasteiger partial charge in [0.2, 0.25) is 0 Å². The first-order valence-electron chi connectivity index (χ1n) is 17.8. The van der Waals surface area contributed by atoms with Crippen molar-refractivity contribution >= 4 is 54.3 Å². The molecule has 0 aliphatic heterocycles. The van der Waals surface area contributed by atoms with Gasteiger partial charge < -0.3 is 0 Å². The van der Waals surface area contributed by atoms with Crippen LogP contribution in [-0.4, -0.2) is 14.5 Å². The van der Waals surface area contributed by atoms with E-state index in [1.165, 1.54) is 76.8 Å². The van der Waals surface area contributed by atoms with Crippen LogP contribution >= 0.6 is 0 Å². The molecule has 3 nitrogen and oxygen atoms in total. The Morgan fingerprint density at radius 2 is 1.24 bits per heavy atom. The van der Waals surface area contributed by atoms with E-state index in [4.69, 9.17) is 9.97 Å². The van der Waals surface area contributed by atoms with Crippen molar-refractivity contribution in [3.8, 4) is 39.5 Å². The second-order valence-electron chi connectivity index (χ2n) is 14.1. The first kappa shape index (κ1) is 27.3. The lowest BCUT2D eigenvalue weighted by molar-refractivity contribution is 0.816. The number of aromatic nitrogens is 3. The van der Waals surface area contributed by atoms with Crippen LogP contribution < -0.4 is 0 Å². The van der Waals surface area contributed by atoms with Gasteiger partial charge >= 0.3 is 0 Å². The van der Waals surface area contributed by atoms with E-state index in [9.17, 15) is 0 Å². The molecule has 12 rings (SSSR count). The Balaban J connectivity index is 1.25. The summed E-state index contributed by atoms with van der Waals surface area (Å²) >= 11 is 0. The average Bonchev–Trinajstić information content (AvgIpc) is 3.70. The quantitative estimate of drug-likeness (QED) is 0.187. The van der Waals surface area contributed by atoms with Crippen LogP contribution in [0.2, 0.25) is 0 Å². The van der Waals surface area contributed by atoms with Crippen LogP contribution in [0, 0.1) is 0 Å². The molecule has 51 heavy (non-hydrogen) atoms. The Hall–Kier alpha value is -6.58. The van der Waals surface area contributed by atoms with Gasteiger partial charge in [-0.3, -0.25) is 4.57 Å². The molecule has 10 aromatic rings. The van der Waals surface area contributed by atoms with Crippen LogP contribution in [0.4, 0.5) is 0 Å². The summed E-state index contributed by atoms with van der Waals surface area (Å²) < 4.78 is 2.45. The Morgan fingerprint density at radius 1 is 0.510 bits per heavy atom. The number of hydrogen-bond donors (Lipinski definition) is 0. The summed E-state index contributed by atoms with van der Waals surface area (Å²) in [7, 11) is 0. The predicted molar refractivity (Wildman–Crippen MR) is 211 cm³/mol. The van der Waals surface area contributed by atoms with Crippen molar-refractivity contribution in [1.82, 2.24) is 14.5 Å². The molecule has 0 radical (unpaired) electrons. The molecule has 0 saturated carbocycles. The van der Waals surface area contributed by atoms with E-state index in [0.717, 1.165) is 40.0 Å². The Kier molecular flexibility index (Phi) is 5.34. The minimum atomic E-state index is 0.288. The van der Waals surface area contributed by atoms with Crippen LogP contribution in [-0.2, 0) is 6.42 Å². The number of hydrogen-bond acceptors (Lipinski definition) is 2. The summed E-state index contributed by atoms with van der Waals surface area (Å²) in [5.74, 6) is 1.93. The summed E-state index contributed by atoms with van der Waals surface area (Å²) in [6.45, 7) is 0. The average molecular weight is 648 g/mol. The second kappa shape index (κ2) is 9.99. The largest absolute Gasteiger partial charge is 0.293 e. The van der Waals surface area contributed by atoms with E-state index in [-0.39, 0.29) is 5.92 Å². The van der Waals surface area contributed by atoms with Crippen LogP contribution in [0.5, 0.6) is 0 Å². The molecule has 236 valence electrons. The number of nitrogens with zero attached hydrogens (tertiary/aromatic N) is 3. The minimum absolute atomic E-state index is 0.288. The third kappa shape index (κ3) is 3.67. The fraction of sp³-hybridized carbons (Fsp3) is 0.0417. The van der Waals surface area contributed by atoms with Gasteiger partial charge in [-0.1, -0.05) is 127 Å². The highest BCUT2D eigenvalue weighted by molar-refractivity contribution is 6.19. The van der Waals surface area contributed by atoms with E-state index >= 15 is 0 Å². The van der Waals surface area contributed by atoms with Crippen molar-refractivity contribution < 1.29 is 0 Å². The monoisotopic (exact) mass is 647 g/mol. The maximum Gasteiger partial charge on any atom is 0.162 e. The fourth-order valence-corrected chi connectivity index (χ4v) is 9.30. The molecule has 2 aliphatic carbocycles. The molecule has 1 atom stereocenters. The Morgan fingerprint density at radius 3 is 2.16 bits per heavy atom. The van der Waals surface area contributed by atoms with Gasteiger partial charge in [-0.15, -0.1) is 0 Å². The molecule has 0 bridgehead atoms. The van der Waals surface area contributed by atoms with Gasteiger partial charge in [-0.25, -0.2) is 9.97 Å². The minimum Gasteiger partial charge on any atom is -0.293 e. The molecule has 8 aromatic carbocycles. The van der Waals surface area contributed by atoms with Gasteiger partial charge in [-0.2, -0.15) is 0 Å². The topological polar surface area (TPSA) is 30.7 Å². The lowest BCUT2D eigenvalue weighted by Crippen LogP contribution is -2.11. The normalized spacial score (nSPS) is 14.4. The molecule has 0 N–H and O–H groups in total. The van der Waals surface area contributed by atoms with Crippen LogP contribution in [0.1, 0.15) is 22.6 Å². The maximum atomic E-state index is 5.51. The standard InChI is InChI=1S/C48H29N3/c1-2-13-30-25-32(22-21-28(30)11-1)47-49-41-19-9-7-18-37(41)48(50-47)51-42-20-10-8-17-35(42)39-27-40-43-33-15-5-3-12-29(33)23-24-36(43)38-26-31-14-4-6-16-34(31)45(44(38)40)46(39)51/h1-25,27,38H,26H2. The van der Waals surface area contributed by atoms with E-state index in [1.54, 1.807) is 0 Å². The lowest BCUT2D eigenvalue weighted by atomic mass is 9.77. The van der Waals surface area contributed by atoms with Crippen molar-refractivity contribution in [2.75, 3.05) is 0 Å². The molecule has 3 heteroatoms. The summed E-state index contributed by atoms with van der Waals surface area (Å²) in [5.41, 5.74) is 14.0. The highest BCUT2D eigenvalue weighted by atomic mass is 15.1. The molecule has 0 spiro atoms. The van der Waals surface area contributed by atoms with Gasteiger partial charge in [0.15, 0.2) is 5.82 Å². The van der Waals surface area contributed by atoms with Crippen LogP contribution in [0.3, 0.4) is 0 Å². The summed E-state index contributed by atoms with van der Waals surface area (Å²) in [4.78, 5) is 10.7. The van der Waals surface area contributed by atoms with Gasteiger partial charge in [0.1, 0.15) is 5.82 Å². The van der Waals surface area contributed by atoms with Gasteiger partial charge in [0, 0.05) is 33.2 Å². The first-order chi connectivity index (χ1) is 25.3. The van der Waals surface area contributed by atoms with E-state index in [1.807, 2.05) is 0 Å². The molecule has 2 heterocycles. The highest BCUT2D eigenvalue weighted by Crippen LogP contribution is 2.58. The van der Waals surface area contributed by atoms with Crippen LogP contribution in [0.15, 0.2) is 158 Å². The number of rotatable bonds is 2. The molecular formula is C48H29N3. The van der Waals surface area contributed by atoms with Gasteiger partial charge in [-0.05, 0) is 91.7 Å². The van der Waals surface area contributed by atoms with Gasteiger partial charge in [0.25, 0.3) is 0 Å². The zero-order chi connectivity index (χ0) is 33.2. The Labute approximate surface area is 294 Å².